The number of imide groups is 1. The van der Waals surface area contributed by atoms with E-state index in [1.54, 1.807) is 48.5 Å². The van der Waals surface area contributed by atoms with Crippen LogP contribution in [0, 0.1) is 0 Å². The summed E-state index contributed by atoms with van der Waals surface area (Å²) in [6.45, 7) is 2.72. The lowest BCUT2D eigenvalue weighted by Gasteiger charge is -2.36. The highest BCUT2D eigenvalue weighted by molar-refractivity contribution is 6.08. The van der Waals surface area contributed by atoms with Gasteiger partial charge in [-0.15, -0.1) is 0 Å². The Kier molecular flexibility index (Phi) is 6.43. The van der Waals surface area contributed by atoms with E-state index in [0.717, 1.165) is 10.4 Å². The summed E-state index contributed by atoms with van der Waals surface area (Å²) in [5.74, 6) is 2.63. The molecule has 10 heteroatoms. The molecule has 1 heterocycles. The van der Waals surface area contributed by atoms with Crippen molar-refractivity contribution in [3.8, 4) is 0 Å². The summed E-state index contributed by atoms with van der Waals surface area (Å²) in [5.41, 5.74) is 0.183. The van der Waals surface area contributed by atoms with Gasteiger partial charge in [0.1, 0.15) is 5.54 Å². The Balaban J connectivity index is 1.80. The number of carbonyl (C=O) groups is 4. The third-order valence-electron chi connectivity index (χ3n) is 6.26. The Morgan fingerprint density at radius 1 is 1.11 bits per heavy atom. The number of benzene rings is 3. The van der Waals surface area contributed by atoms with Crippen LogP contribution in [-0.4, -0.2) is 45.2 Å². The first kappa shape index (κ1) is 24.4. The van der Waals surface area contributed by atoms with Crippen LogP contribution < -0.4 is 11.2 Å². The lowest BCUT2D eigenvalue weighted by atomic mass is 9.91. The van der Waals surface area contributed by atoms with Crippen molar-refractivity contribution in [2.45, 2.75) is 31.8 Å². The monoisotopic (exact) mass is 487 g/mol. The van der Waals surface area contributed by atoms with E-state index >= 15 is 0 Å². The van der Waals surface area contributed by atoms with E-state index in [1.807, 2.05) is 18.2 Å². The molecule has 3 aromatic carbocycles. The number of nitrogens with zero attached hydrogens (tertiary/aromatic N) is 3. The smallest absolute Gasteiger partial charge is 0.344 e. The van der Waals surface area contributed by atoms with Gasteiger partial charge in [0.05, 0.1) is 18.7 Å². The highest BCUT2D eigenvalue weighted by atomic mass is 16.4. The van der Waals surface area contributed by atoms with Gasteiger partial charge in [0.15, 0.2) is 0 Å². The fourth-order valence-corrected chi connectivity index (χ4v) is 4.54. The van der Waals surface area contributed by atoms with Gasteiger partial charge in [-0.25, -0.2) is 9.80 Å². The van der Waals surface area contributed by atoms with E-state index in [1.165, 1.54) is 20.1 Å². The fourth-order valence-electron chi connectivity index (χ4n) is 4.54. The van der Waals surface area contributed by atoms with E-state index in [2.05, 4.69) is 10.4 Å². The molecule has 4 amide bonds. The molecule has 184 valence electrons. The van der Waals surface area contributed by atoms with Gasteiger partial charge < -0.3 is 16.3 Å². The SMILES string of the molecule is CC(=O)N([C@H](CC(=O)O)c1cccc2ccccc12)N1C(=O)N[C@](C)(c2ccc(C=NN)cc2)C1=O. The molecule has 0 bridgehead atoms. The molecule has 1 aliphatic heterocycles. The van der Waals surface area contributed by atoms with Crippen molar-refractivity contribution in [2.24, 2.45) is 10.9 Å². The fraction of sp³-hybridized carbons (Fsp3) is 0.192. The Morgan fingerprint density at radius 3 is 2.42 bits per heavy atom. The lowest BCUT2D eigenvalue weighted by molar-refractivity contribution is -0.162. The molecule has 36 heavy (non-hydrogen) atoms. The predicted octanol–water partition coefficient (Wildman–Crippen LogP) is 2.88. The molecule has 10 nitrogen and oxygen atoms in total. The van der Waals surface area contributed by atoms with Crippen LogP contribution in [0.1, 0.15) is 43.0 Å². The largest absolute Gasteiger partial charge is 0.481 e. The first-order valence-electron chi connectivity index (χ1n) is 11.2. The van der Waals surface area contributed by atoms with Crippen LogP contribution in [0.2, 0.25) is 0 Å². The van der Waals surface area contributed by atoms with E-state index in [9.17, 15) is 24.3 Å². The first-order chi connectivity index (χ1) is 17.2. The number of nitrogens with two attached hydrogens (primary N) is 1. The molecular formula is C26H25N5O5. The molecule has 1 aliphatic rings. The average Bonchev–Trinajstić information content (AvgIpc) is 3.07. The molecule has 0 radical (unpaired) electrons. The summed E-state index contributed by atoms with van der Waals surface area (Å²) < 4.78 is 0. The van der Waals surface area contributed by atoms with Crippen molar-refractivity contribution in [3.05, 3.63) is 83.4 Å². The van der Waals surface area contributed by atoms with Gasteiger partial charge in [0, 0.05) is 6.92 Å². The van der Waals surface area contributed by atoms with Crippen LogP contribution in [0.4, 0.5) is 4.79 Å². The summed E-state index contributed by atoms with van der Waals surface area (Å²) in [6.07, 6.45) is 0.917. The van der Waals surface area contributed by atoms with Crippen molar-refractivity contribution in [2.75, 3.05) is 0 Å². The van der Waals surface area contributed by atoms with Crippen LogP contribution in [0.5, 0.6) is 0 Å². The van der Waals surface area contributed by atoms with Gasteiger partial charge in [-0.1, -0.05) is 66.7 Å². The third-order valence-corrected chi connectivity index (χ3v) is 6.26. The Bertz CT molecular complexity index is 1380. The van der Waals surface area contributed by atoms with Gasteiger partial charge in [0.25, 0.3) is 5.91 Å². The molecule has 0 aliphatic carbocycles. The maximum absolute atomic E-state index is 13.7. The summed E-state index contributed by atoms with van der Waals surface area (Å²) in [6, 6.07) is 17.3. The maximum atomic E-state index is 13.7. The maximum Gasteiger partial charge on any atom is 0.344 e. The van der Waals surface area contributed by atoms with Crippen molar-refractivity contribution in [3.63, 3.8) is 0 Å². The molecule has 0 aromatic heterocycles. The number of carboxylic acid groups (broad SMARTS) is 1. The third kappa shape index (κ3) is 4.24. The van der Waals surface area contributed by atoms with Gasteiger partial charge >= 0.3 is 12.0 Å². The number of hydrazone groups is 1. The predicted molar refractivity (Wildman–Crippen MR) is 132 cm³/mol. The normalized spacial score (nSPS) is 18.4. The minimum atomic E-state index is -1.49. The highest BCUT2D eigenvalue weighted by Gasteiger charge is 2.53. The zero-order chi connectivity index (χ0) is 26.0. The Hall–Kier alpha value is -4.73. The Morgan fingerprint density at radius 2 is 1.78 bits per heavy atom. The number of hydrogen-bond donors (Lipinski definition) is 3. The van der Waals surface area contributed by atoms with Gasteiger partial charge in [-0.2, -0.15) is 10.1 Å². The second kappa shape index (κ2) is 9.49. The van der Waals surface area contributed by atoms with Crippen LogP contribution in [-0.2, 0) is 19.9 Å². The minimum absolute atomic E-state index is 0.473. The number of carboxylic acids is 1. The number of rotatable bonds is 7. The second-order valence-corrected chi connectivity index (χ2v) is 8.62. The molecular weight excluding hydrogens is 462 g/mol. The van der Waals surface area contributed by atoms with Crippen LogP contribution in [0.25, 0.3) is 10.8 Å². The van der Waals surface area contributed by atoms with Crippen molar-refractivity contribution in [1.29, 1.82) is 0 Å². The minimum Gasteiger partial charge on any atom is -0.481 e. The zero-order valence-corrected chi connectivity index (χ0v) is 19.7. The number of nitrogens with one attached hydrogen (secondary N) is 1. The number of hydrazine groups is 1. The average molecular weight is 488 g/mol. The number of hydrogen-bond acceptors (Lipinski definition) is 6. The van der Waals surface area contributed by atoms with Crippen LogP contribution in [0.3, 0.4) is 0 Å². The van der Waals surface area contributed by atoms with Crippen LogP contribution >= 0.6 is 0 Å². The van der Waals surface area contributed by atoms with E-state index in [4.69, 9.17) is 5.84 Å². The number of fused-ring (bicyclic) bond motifs is 1. The summed E-state index contributed by atoms with van der Waals surface area (Å²) in [5, 5.41) is 19.0. The molecule has 2 atom stereocenters. The number of aliphatic carboxylic acids is 1. The van der Waals surface area contributed by atoms with Crippen molar-refractivity contribution >= 4 is 40.8 Å². The molecule has 1 fully saturated rings. The molecule has 1 saturated heterocycles. The molecule has 0 unspecified atom stereocenters. The van der Waals surface area contributed by atoms with Crippen molar-refractivity contribution < 1.29 is 24.3 Å². The standard InChI is InChI=1S/C26H25N5O5/c1-16(32)30(22(14-23(33)34)21-9-5-7-18-6-3-4-8-20(18)21)31-24(35)26(2,29-25(31)36)19-12-10-17(11-13-19)15-28-27/h3-13,15,22H,14,27H2,1-2H3,(H,29,36)(H,33,34)/t22-,26-/m1/s1. The van der Waals surface area contributed by atoms with E-state index in [-0.39, 0.29) is 0 Å². The number of carbonyl (C=O) groups excluding carboxylic acids is 3. The zero-order valence-electron chi connectivity index (χ0n) is 19.7. The quantitative estimate of drug-likeness (QED) is 0.202. The number of amides is 4. The first-order valence-corrected chi connectivity index (χ1v) is 11.2. The van der Waals surface area contributed by atoms with Gasteiger partial charge in [-0.05, 0) is 34.4 Å². The molecule has 0 spiro atoms. The van der Waals surface area contributed by atoms with Gasteiger partial charge in [-0.3, -0.25) is 14.4 Å². The second-order valence-electron chi connectivity index (χ2n) is 8.62. The Labute approximate surface area is 206 Å². The topological polar surface area (TPSA) is 145 Å². The lowest BCUT2D eigenvalue weighted by Crippen LogP contribution is -2.52. The molecule has 4 N–H and O–H groups in total. The molecule has 3 aromatic rings. The van der Waals surface area contributed by atoms with E-state index < -0.39 is 41.8 Å². The molecule has 4 rings (SSSR count). The van der Waals surface area contributed by atoms with Gasteiger partial charge in [0.2, 0.25) is 5.91 Å². The number of urea groups is 1. The van der Waals surface area contributed by atoms with E-state index in [0.29, 0.717) is 27.1 Å². The van der Waals surface area contributed by atoms with Crippen LogP contribution in [0.15, 0.2) is 71.8 Å². The summed E-state index contributed by atoms with van der Waals surface area (Å²) >= 11 is 0. The summed E-state index contributed by atoms with van der Waals surface area (Å²) in [4.78, 5) is 51.8. The highest BCUT2D eigenvalue weighted by Crippen LogP contribution is 2.36. The molecule has 0 saturated carbocycles. The van der Waals surface area contributed by atoms with Crippen molar-refractivity contribution in [1.82, 2.24) is 15.3 Å². The summed E-state index contributed by atoms with van der Waals surface area (Å²) in [7, 11) is 0.